The number of hydrogen-bond donors (Lipinski definition) is 1. The van der Waals surface area contributed by atoms with E-state index in [-0.39, 0.29) is 18.5 Å². The van der Waals surface area contributed by atoms with Crippen LogP contribution in [0.3, 0.4) is 0 Å². The summed E-state index contributed by atoms with van der Waals surface area (Å²) in [5, 5.41) is 0. The highest BCUT2D eigenvalue weighted by Gasteiger charge is 2.34. The maximum atomic E-state index is 13.8. The van der Waals surface area contributed by atoms with Gasteiger partial charge in [0, 0.05) is 24.5 Å². The molecule has 7 heteroatoms. The molecule has 1 amide bonds. The van der Waals surface area contributed by atoms with E-state index in [0.29, 0.717) is 6.54 Å². The van der Waals surface area contributed by atoms with E-state index in [2.05, 4.69) is 25.8 Å². The average Bonchev–Trinajstić information content (AvgIpc) is 2.80. The number of hydrogen-bond acceptors (Lipinski definition) is 4. The SMILES string of the molecule is CC(C)(C)n1ccnc1N1CCC(F)C(OC(N)=O)C1. The summed E-state index contributed by atoms with van der Waals surface area (Å²) in [6, 6.07) is 0. The topological polar surface area (TPSA) is 73.4 Å². The summed E-state index contributed by atoms with van der Waals surface area (Å²) in [4.78, 5) is 17.1. The number of nitrogens with zero attached hydrogens (tertiary/aromatic N) is 3. The Morgan fingerprint density at radius 3 is 2.85 bits per heavy atom. The van der Waals surface area contributed by atoms with Crippen molar-refractivity contribution in [3.8, 4) is 0 Å². The molecular weight excluding hydrogens is 263 g/mol. The van der Waals surface area contributed by atoms with Crippen LogP contribution in [0, 0.1) is 0 Å². The average molecular weight is 284 g/mol. The van der Waals surface area contributed by atoms with E-state index in [1.54, 1.807) is 6.20 Å². The molecule has 2 rings (SSSR count). The molecule has 1 aromatic rings. The van der Waals surface area contributed by atoms with E-state index in [1.165, 1.54) is 0 Å². The number of carbonyl (C=O) groups excluding carboxylic acids is 1. The van der Waals surface area contributed by atoms with Crippen LogP contribution in [0.15, 0.2) is 12.4 Å². The van der Waals surface area contributed by atoms with Crippen LogP contribution < -0.4 is 10.6 Å². The van der Waals surface area contributed by atoms with Gasteiger partial charge in [0.15, 0.2) is 6.10 Å². The summed E-state index contributed by atoms with van der Waals surface area (Å²) >= 11 is 0. The van der Waals surface area contributed by atoms with Crippen LogP contribution in [-0.2, 0) is 10.3 Å². The van der Waals surface area contributed by atoms with Gasteiger partial charge in [0.25, 0.3) is 0 Å². The molecule has 2 N–H and O–H groups in total. The zero-order valence-electron chi connectivity index (χ0n) is 12.0. The number of nitrogens with two attached hydrogens (primary N) is 1. The second-order valence-electron chi connectivity index (χ2n) is 5.99. The first kappa shape index (κ1) is 14.6. The molecule has 6 nitrogen and oxygen atoms in total. The Hall–Kier alpha value is -1.79. The molecule has 112 valence electrons. The van der Waals surface area contributed by atoms with Gasteiger partial charge in [0.05, 0.1) is 6.54 Å². The smallest absolute Gasteiger partial charge is 0.404 e. The number of carbonyl (C=O) groups is 1. The molecule has 0 aromatic carbocycles. The van der Waals surface area contributed by atoms with E-state index >= 15 is 0 Å². The van der Waals surface area contributed by atoms with Crippen molar-refractivity contribution in [3.05, 3.63) is 12.4 Å². The molecule has 1 fully saturated rings. The highest BCUT2D eigenvalue weighted by atomic mass is 19.1. The summed E-state index contributed by atoms with van der Waals surface area (Å²) in [5.41, 5.74) is 4.86. The number of piperidine rings is 1. The third-order valence-corrected chi connectivity index (χ3v) is 3.37. The standard InChI is InChI=1S/C13H21FN4O2/c1-13(2,3)18-7-5-16-12(18)17-6-4-9(14)10(8-17)20-11(15)19/h5,7,9-10H,4,6,8H2,1-3H3,(H2,15,19). The predicted octanol–water partition coefficient (Wildman–Crippen LogP) is 1.65. The van der Waals surface area contributed by atoms with E-state index in [0.717, 1.165) is 5.95 Å². The minimum atomic E-state index is -1.18. The van der Waals surface area contributed by atoms with Crippen LogP contribution in [0.2, 0.25) is 0 Å². The fourth-order valence-electron chi connectivity index (χ4n) is 2.38. The van der Waals surface area contributed by atoms with Gasteiger partial charge >= 0.3 is 6.09 Å². The van der Waals surface area contributed by atoms with Gasteiger partial charge < -0.3 is 19.9 Å². The van der Waals surface area contributed by atoms with Crippen molar-refractivity contribution < 1.29 is 13.9 Å². The van der Waals surface area contributed by atoms with E-state index in [9.17, 15) is 9.18 Å². The van der Waals surface area contributed by atoms with Crippen molar-refractivity contribution in [2.75, 3.05) is 18.0 Å². The Balaban J connectivity index is 2.18. The Morgan fingerprint density at radius 1 is 1.55 bits per heavy atom. The fourth-order valence-corrected chi connectivity index (χ4v) is 2.38. The van der Waals surface area contributed by atoms with Crippen molar-refractivity contribution in [1.29, 1.82) is 0 Å². The molecule has 20 heavy (non-hydrogen) atoms. The molecule has 1 aromatic heterocycles. The van der Waals surface area contributed by atoms with Gasteiger partial charge in [-0.2, -0.15) is 0 Å². The number of anilines is 1. The predicted molar refractivity (Wildman–Crippen MR) is 73.4 cm³/mol. The summed E-state index contributed by atoms with van der Waals surface area (Å²) in [6.07, 6.45) is 0.920. The second kappa shape index (κ2) is 5.30. The lowest BCUT2D eigenvalue weighted by Crippen LogP contribution is -2.49. The van der Waals surface area contributed by atoms with Gasteiger partial charge in [-0.15, -0.1) is 0 Å². The zero-order chi connectivity index (χ0) is 14.9. The molecule has 0 bridgehead atoms. The number of alkyl halides is 1. The molecule has 0 spiro atoms. The minimum Gasteiger partial charge on any atom is -0.441 e. The van der Waals surface area contributed by atoms with Crippen molar-refractivity contribution in [2.45, 2.75) is 45.0 Å². The zero-order valence-corrected chi connectivity index (χ0v) is 12.0. The molecule has 1 saturated heterocycles. The van der Waals surface area contributed by atoms with Gasteiger partial charge in [-0.3, -0.25) is 0 Å². The number of aromatic nitrogens is 2. The highest BCUT2D eigenvalue weighted by Crippen LogP contribution is 2.26. The maximum absolute atomic E-state index is 13.8. The summed E-state index contributed by atoms with van der Waals surface area (Å²) in [6.45, 7) is 7.00. The van der Waals surface area contributed by atoms with Crippen LogP contribution >= 0.6 is 0 Å². The Labute approximate surface area is 117 Å². The Kier molecular flexibility index (Phi) is 3.87. The van der Waals surface area contributed by atoms with Crippen molar-refractivity contribution in [1.82, 2.24) is 9.55 Å². The van der Waals surface area contributed by atoms with Gasteiger partial charge in [0.2, 0.25) is 5.95 Å². The lowest BCUT2D eigenvalue weighted by molar-refractivity contribution is 0.0402. The van der Waals surface area contributed by atoms with Crippen LogP contribution in [-0.4, -0.2) is 41.0 Å². The molecule has 0 radical (unpaired) electrons. The Morgan fingerprint density at radius 2 is 2.25 bits per heavy atom. The van der Waals surface area contributed by atoms with Crippen molar-refractivity contribution >= 4 is 12.0 Å². The third-order valence-electron chi connectivity index (χ3n) is 3.37. The lowest BCUT2D eigenvalue weighted by Gasteiger charge is -2.36. The minimum absolute atomic E-state index is 0.127. The monoisotopic (exact) mass is 284 g/mol. The van der Waals surface area contributed by atoms with Gasteiger partial charge in [-0.25, -0.2) is 14.2 Å². The first-order valence-corrected chi connectivity index (χ1v) is 6.68. The molecule has 2 unspecified atom stereocenters. The van der Waals surface area contributed by atoms with Crippen LogP contribution in [0.4, 0.5) is 15.1 Å². The number of primary amides is 1. The number of imidazole rings is 1. The van der Waals surface area contributed by atoms with E-state index < -0.39 is 18.4 Å². The number of halogens is 1. The normalized spacial score (nSPS) is 23.7. The third kappa shape index (κ3) is 3.02. The highest BCUT2D eigenvalue weighted by molar-refractivity contribution is 5.65. The largest absolute Gasteiger partial charge is 0.441 e. The molecule has 0 saturated carbocycles. The molecule has 2 heterocycles. The molecular formula is C13H21FN4O2. The number of amides is 1. The Bertz CT molecular complexity index is 483. The quantitative estimate of drug-likeness (QED) is 0.896. The van der Waals surface area contributed by atoms with Crippen LogP contribution in [0.25, 0.3) is 0 Å². The van der Waals surface area contributed by atoms with E-state index in [4.69, 9.17) is 10.5 Å². The second-order valence-corrected chi connectivity index (χ2v) is 5.99. The number of ether oxygens (including phenoxy) is 1. The summed E-state index contributed by atoms with van der Waals surface area (Å²) in [7, 11) is 0. The molecule has 1 aliphatic rings. The molecule has 0 aliphatic carbocycles. The van der Waals surface area contributed by atoms with Gasteiger partial charge in [-0.05, 0) is 27.2 Å². The van der Waals surface area contributed by atoms with Gasteiger partial charge in [0.1, 0.15) is 6.17 Å². The van der Waals surface area contributed by atoms with Crippen molar-refractivity contribution in [3.63, 3.8) is 0 Å². The summed E-state index contributed by atoms with van der Waals surface area (Å²) in [5.74, 6) is 0.752. The first-order valence-electron chi connectivity index (χ1n) is 6.68. The fraction of sp³-hybridized carbons (Fsp3) is 0.692. The number of rotatable bonds is 2. The summed E-state index contributed by atoms with van der Waals surface area (Å²) < 4.78 is 20.6. The van der Waals surface area contributed by atoms with Gasteiger partial charge in [-0.1, -0.05) is 0 Å². The molecule has 2 atom stereocenters. The van der Waals surface area contributed by atoms with E-state index in [1.807, 2.05) is 15.7 Å². The molecule has 1 aliphatic heterocycles. The lowest BCUT2D eigenvalue weighted by atomic mass is 10.1. The van der Waals surface area contributed by atoms with Crippen molar-refractivity contribution in [2.24, 2.45) is 5.73 Å². The maximum Gasteiger partial charge on any atom is 0.404 e. The van der Waals surface area contributed by atoms with Crippen LogP contribution in [0.5, 0.6) is 0 Å². The first-order chi connectivity index (χ1) is 9.29. The van der Waals surface area contributed by atoms with Crippen LogP contribution in [0.1, 0.15) is 27.2 Å².